The van der Waals surface area contributed by atoms with Gasteiger partial charge in [0.2, 0.25) is 5.91 Å². The number of morpholine rings is 1. The van der Waals surface area contributed by atoms with Crippen molar-refractivity contribution < 1.29 is 19.1 Å². The zero-order valence-corrected chi connectivity index (χ0v) is 14.0. The maximum Gasteiger partial charge on any atom is 0.262 e. The van der Waals surface area contributed by atoms with Gasteiger partial charge in [0.15, 0.2) is 18.2 Å². The van der Waals surface area contributed by atoms with E-state index in [-0.39, 0.29) is 17.8 Å². The highest BCUT2D eigenvalue weighted by molar-refractivity contribution is 6.13. The Bertz CT molecular complexity index is 524. The quantitative estimate of drug-likeness (QED) is 0.157. The summed E-state index contributed by atoms with van der Waals surface area (Å²) < 4.78 is 4.98. The number of likely N-dealkylation sites (tertiary alicyclic amines) is 1. The highest BCUT2D eigenvalue weighted by Gasteiger charge is 2.63. The van der Waals surface area contributed by atoms with Crippen LogP contribution in [-0.2, 0) is 19.1 Å². The molecule has 0 spiro atoms. The smallest absolute Gasteiger partial charge is 0.262 e. The van der Waals surface area contributed by atoms with Crippen LogP contribution in [0.15, 0.2) is 4.99 Å². The second-order valence-electron chi connectivity index (χ2n) is 6.47. The standard InChI is InChI=1S/C15H25N5O4/c1-8(2)7-9(20-13(22)10-11(24-10)14(20)23)12(21)18-5-3-4-6-19-15(16)17/h8-11H,3-7H2,1-2H3,(H,18,21)(H4,16,17,19)/t9-,10-,11?/m0/s1. The molecule has 2 fully saturated rings. The first-order chi connectivity index (χ1) is 11.3. The number of hydrogen-bond donors (Lipinski definition) is 3. The minimum Gasteiger partial charge on any atom is -0.370 e. The number of unbranched alkanes of at least 4 members (excludes halogenated alkanes) is 1. The van der Waals surface area contributed by atoms with Crippen LogP contribution in [0.4, 0.5) is 0 Å². The maximum absolute atomic E-state index is 12.5. The number of epoxide rings is 1. The maximum atomic E-state index is 12.5. The molecule has 0 aromatic carbocycles. The number of ether oxygens (including phenoxy) is 1. The van der Waals surface area contributed by atoms with Crippen molar-refractivity contribution >= 4 is 23.7 Å². The van der Waals surface area contributed by atoms with E-state index in [0.29, 0.717) is 25.9 Å². The zero-order valence-electron chi connectivity index (χ0n) is 14.0. The summed E-state index contributed by atoms with van der Waals surface area (Å²) in [7, 11) is 0. The first kappa shape index (κ1) is 18.2. The van der Waals surface area contributed by atoms with Crippen LogP contribution in [0.2, 0.25) is 0 Å². The molecule has 3 atom stereocenters. The molecule has 0 aromatic rings. The average Bonchev–Trinajstić information content (AvgIpc) is 3.24. The van der Waals surface area contributed by atoms with Crippen LogP contribution in [0.25, 0.3) is 0 Å². The molecule has 9 heteroatoms. The fraction of sp³-hybridized carbons (Fsp3) is 0.733. The lowest BCUT2D eigenvalue weighted by atomic mass is 10.0. The van der Waals surface area contributed by atoms with E-state index in [0.717, 1.165) is 11.3 Å². The second-order valence-corrected chi connectivity index (χ2v) is 6.47. The van der Waals surface area contributed by atoms with E-state index in [1.165, 1.54) is 0 Å². The van der Waals surface area contributed by atoms with E-state index in [9.17, 15) is 14.4 Å². The lowest BCUT2D eigenvalue weighted by Crippen LogP contribution is -2.52. The molecule has 0 radical (unpaired) electrons. The Hall–Kier alpha value is -2.16. The summed E-state index contributed by atoms with van der Waals surface area (Å²) in [6.07, 6.45) is 0.496. The summed E-state index contributed by atoms with van der Waals surface area (Å²) in [5.41, 5.74) is 10.5. The average molecular weight is 339 g/mol. The molecule has 3 amide bonds. The molecule has 0 bridgehead atoms. The van der Waals surface area contributed by atoms with Crippen molar-refractivity contribution in [3.63, 3.8) is 0 Å². The summed E-state index contributed by atoms with van der Waals surface area (Å²) in [6, 6.07) is -0.779. The van der Waals surface area contributed by atoms with Gasteiger partial charge in [-0.1, -0.05) is 13.8 Å². The molecule has 2 aliphatic heterocycles. The van der Waals surface area contributed by atoms with Gasteiger partial charge in [-0.05, 0) is 25.2 Å². The number of nitrogens with two attached hydrogens (primary N) is 2. The molecular weight excluding hydrogens is 314 g/mol. The molecular formula is C15H25N5O4. The fourth-order valence-electron chi connectivity index (χ4n) is 2.73. The van der Waals surface area contributed by atoms with E-state index >= 15 is 0 Å². The van der Waals surface area contributed by atoms with Crippen LogP contribution in [0.3, 0.4) is 0 Å². The largest absolute Gasteiger partial charge is 0.370 e. The number of aliphatic imine (C=N–C) groups is 1. The monoisotopic (exact) mass is 339 g/mol. The van der Waals surface area contributed by atoms with Gasteiger partial charge in [-0.3, -0.25) is 24.3 Å². The van der Waals surface area contributed by atoms with Crippen LogP contribution in [0.5, 0.6) is 0 Å². The summed E-state index contributed by atoms with van der Waals surface area (Å²) in [5, 5.41) is 2.79. The van der Waals surface area contributed by atoms with Crippen molar-refractivity contribution in [1.29, 1.82) is 0 Å². The van der Waals surface area contributed by atoms with Crippen molar-refractivity contribution in [2.75, 3.05) is 13.1 Å². The third-order valence-corrected chi connectivity index (χ3v) is 3.94. The third kappa shape index (κ3) is 4.22. The van der Waals surface area contributed by atoms with Gasteiger partial charge in [0.1, 0.15) is 6.04 Å². The molecule has 0 saturated carbocycles. The molecule has 2 aliphatic rings. The summed E-state index contributed by atoms with van der Waals surface area (Å²) in [4.78, 5) is 41.6. The lowest BCUT2D eigenvalue weighted by Gasteiger charge is -2.27. The van der Waals surface area contributed by atoms with E-state index in [1.54, 1.807) is 0 Å². The van der Waals surface area contributed by atoms with Gasteiger partial charge in [0.05, 0.1) is 0 Å². The molecule has 5 N–H and O–H groups in total. The van der Waals surface area contributed by atoms with Gasteiger partial charge in [-0.15, -0.1) is 0 Å². The highest BCUT2D eigenvalue weighted by Crippen LogP contribution is 2.35. The summed E-state index contributed by atoms with van der Waals surface area (Å²) in [6.45, 7) is 4.82. The Morgan fingerprint density at radius 1 is 1.25 bits per heavy atom. The number of fused-ring (bicyclic) bond motifs is 1. The molecule has 1 unspecified atom stereocenters. The van der Waals surface area contributed by atoms with Crippen molar-refractivity contribution in [3.05, 3.63) is 0 Å². The van der Waals surface area contributed by atoms with Crippen LogP contribution < -0.4 is 16.8 Å². The molecule has 2 saturated heterocycles. The fourth-order valence-corrected chi connectivity index (χ4v) is 2.73. The number of carbonyl (C=O) groups excluding carboxylic acids is 3. The van der Waals surface area contributed by atoms with Crippen LogP contribution in [-0.4, -0.2) is 59.9 Å². The second kappa shape index (κ2) is 7.61. The Labute approximate surface area is 140 Å². The molecule has 9 nitrogen and oxygen atoms in total. The zero-order chi connectivity index (χ0) is 17.9. The first-order valence-electron chi connectivity index (χ1n) is 8.18. The molecule has 0 aliphatic carbocycles. The van der Waals surface area contributed by atoms with Gasteiger partial charge in [-0.2, -0.15) is 0 Å². The van der Waals surface area contributed by atoms with E-state index in [2.05, 4.69) is 10.3 Å². The van der Waals surface area contributed by atoms with Gasteiger partial charge < -0.3 is 21.5 Å². The van der Waals surface area contributed by atoms with Gasteiger partial charge in [-0.25, -0.2) is 0 Å². The van der Waals surface area contributed by atoms with Gasteiger partial charge in [0.25, 0.3) is 11.8 Å². The van der Waals surface area contributed by atoms with Crippen molar-refractivity contribution in [2.45, 2.75) is 51.4 Å². The Balaban J connectivity index is 1.86. The van der Waals surface area contributed by atoms with Crippen molar-refractivity contribution in [2.24, 2.45) is 22.4 Å². The summed E-state index contributed by atoms with van der Waals surface area (Å²) in [5.74, 6) is -0.908. The lowest BCUT2D eigenvalue weighted by molar-refractivity contribution is -0.152. The summed E-state index contributed by atoms with van der Waals surface area (Å²) >= 11 is 0. The Kier molecular flexibility index (Phi) is 5.76. The van der Waals surface area contributed by atoms with E-state index < -0.39 is 30.1 Å². The van der Waals surface area contributed by atoms with Gasteiger partial charge >= 0.3 is 0 Å². The van der Waals surface area contributed by atoms with Crippen molar-refractivity contribution in [1.82, 2.24) is 10.2 Å². The number of imide groups is 1. The number of amides is 3. The van der Waals surface area contributed by atoms with Crippen LogP contribution in [0.1, 0.15) is 33.1 Å². The number of carbonyl (C=O) groups is 3. The predicted octanol–water partition coefficient (Wildman–Crippen LogP) is -1.29. The van der Waals surface area contributed by atoms with Crippen LogP contribution in [0, 0.1) is 5.92 Å². The molecule has 24 heavy (non-hydrogen) atoms. The number of nitrogens with one attached hydrogen (secondary N) is 1. The highest BCUT2D eigenvalue weighted by atomic mass is 16.6. The third-order valence-electron chi connectivity index (χ3n) is 3.94. The van der Waals surface area contributed by atoms with Crippen LogP contribution >= 0.6 is 0 Å². The van der Waals surface area contributed by atoms with E-state index in [4.69, 9.17) is 16.2 Å². The molecule has 2 heterocycles. The topological polar surface area (TPSA) is 143 Å². The number of hydrogen-bond acceptors (Lipinski definition) is 5. The number of nitrogens with zero attached hydrogens (tertiary/aromatic N) is 2. The minimum absolute atomic E-state index is 0.0443. The Morgan fingerprint density at radius 3 is 2.42 bits per heavy atom. The van der Waals surface area contributed by atoms with E-state index in [1.807, 2.05) is 13.8 Å². The normalized spacial score (nSPS) is 23.2. The number of rotatable bonds is 9. The molecule has 2 rings (SSSR count). The number of guanidine groups is 1. The SMILES string of the molecule is CC(C)C[C@@H](C(=O)NCCCCN=C(N)N)N1C(=O)C2O[C@@H]2C1=O. The predicted molar refractivity (Wildman–Crippen MR) is 86.7 cm³/mol. The van der Waals surface area contributed by atoms with Gasteiger partial charge in [0, 0.05) is 13.1 Å². The molecule has 134 valence electrons. The molecule has 0 aromatic heterocycles. The minimum atomic E-state index is -0.779. The first-order valence-corrected chi connectivity index (χ1v) is 8.18. The Morgan fingerprint density at radius 2 is 1.88 bits per heavy atom. The van der Waals surface area contributed by atoms with Crippen molar-refractivity contribution in [3.8, 4) is 0 Å².